The van der Waals surface area contributed by atoms with Gasteiger partial charge in [-0.15, -0.1) is 22.7 Å². The summed E-state index contributed by atoms with van der Waals surface area (Å²) in [6.45, 7) is 0. The molecule has 2 aromatic heterocycles. The van der Waals surface area contributed by atoms with Crippen LogP contribution < -0.4 is 4.90 Å². The van der Waals surface area contributed by atoms with E-state index in [0.717, 1.165) is 17.1 Å². The van der Waals surface area contributed by atoms with Gasteiger partial charge in [0.1, 0.15) is 0 Å². The molecule has 10 aromatic carbocycles. The topological polar surface area (TPSA) is 3.24 Å². The van der Waals surface area contributed by atoms with E-state index in [4.69, 9.17) is 0 Å². The average molecular weight is 850 g/mol. The van der Waals surface area contributed by atoms with Gasteiger partial charge in [-0.25, -0.2) is 0 Å². The van der Waals surface area contributed by atoms with Crippen molar-refractivity contribution >= 4 is 80.1 Å². The lowest BCUT2D eigenvalue weighted by Crippen LogP contribution is -2.28. The highest BCUT2D eigenvalue weighted by atomic mass is 32.1. The van der Waals surface area contributed by atoms with Gasteiger partial charge in [-0.1, -0.05) is 170 Å². The molecule has 64 heavy (non-hydrogen) atoms. The number of hydrogen-bond donors (Lipinski definition) is 0. The first-order chi connectivity index (χ1) is 31.7. The molecule has 0 amide bonds. The largest absolute Gasteiger partial charge is 0.310 e. The molecule has 300 valence electrons. The summed E-state index contributed by atoms with van der Waals surface area (Å²) in [6, 6.07) is 87.9. The summed E-state index contributed by atoms with van der Waals surface area (Å²) in [4.78, 5) is 2.49. The zero-order valence-corrected chi connectivity index (χ0v) is 36.4. The minimum atomic E-state index is -0.509. The van der Waals surface area contributed by atoms with Gasteiger partial charge in [0.2, 0.25) is 0 Å². The Kier molecular flexibility index (Phi) is 8.55. The van der Waals surface area contributed by atoms with Crippen molar-refractivity contribution in [2.45, 2.75) is 5.41 Å². The number of anilines is 3. The van der Waals surface area contributed by atoms with Gasteiger partial charge in [0.05, 0.1) is 11.1 Å². The summed E-state index contributed by atoms with van der Waals surface area (Å²) >= 11 is 3.73. The summed E-state index contributed by atoms with van der Waals surface area (Å²) in [5.74, 6) is 0. The number of fused-ring (bicyclic) bond motifs is 9. The van der Waals surface area contributed by atoms with E-state index in [9.17, 15) is 0 Å². The zero-order chi connectivity index (χ0) is 42.2. The molecule has 0 unspecified atom stereocenters. The van der Waals surface area contributed by atoms with E-state index in [1.807, 2.05) is 22.7 Å². The van der Waals surface area contributed by atoms with Crippen molar-refractivity contribution in [3.05, 3.63) is 259 Å². The van der Waals surface area contributed by atoms with Crippen molar-refractivity contribution in [2.24, 2.45) is 0 Å². The van der Waals surface area contributed by atoms with Crippen LogP contribution in [0.3, 0.4) is 0 Å². The Morgan fingerprint density at radius 3 is 1.47 bits per heavy atom. The predicted molar refractivity (Wildman–Crippen MR) is 275 cm³/mol. The first kappa shape index (κ1) is 37.0. The van der Waals surface area contributed by atoms with Gasteiger partial charge in [0, 0.05) is 57.3 Å². The molecular formula is C61H39NS2. The van der Waals surface area contributed by atoms with Crippen molar-refractivity contribution in [3.8, 4) is 33.4 Å². The van der Waals surface area contributed by atoms with Crippen molar-refractivity contribution in [1.82, 2.24) is 0 Å². The molecule has 13 rings (SSSR count). The Bertz CT molecular complexity index is 3690. The van der Waals surface area contributed by atoms with Crippen LogP contribution in [0.4, 0.5) is 17.1 Å². The van der Waals surface area contributed by atoms with Gasteiger partial charge in [-0.2, -0.15) is 0 Å². The van der Waals surface area contributed by atoms with Crippen molar-refractivity contribution in [2.75, 3.05) is 4.90 Å². The lowest BCUT2D eigenvalue weighted by molar-refractivity contribution is 0.768. The highest BCUT2D eigenvalue weighted by Gasteiger charge is 2.47. The number of benzene rings is 10. The van der Waals surface area contributed by atoms with Gasteiger partial charge < -0.3 is 4.90 Å². The lowest BCUT2D eigenvalue weighted by atomic mass is 9.68. The molecule has 1 nitrogen and oxygen atoms in total. The van der Waals surface area contributed by atoms with Crippen LogP contribution in [-0.2, 0) is 5.41 Å². The summed E-state index contributed by atoms with van der Waals surface area (Å²) < 4.78 is 5.28. The second-order valence-corrected chi connectivity index (χ2v) is 18.9. The SMILES string of the molecule is c1ccc(C2(c3ccccc3)c3ccccc3-c3c(N(c4ccc(-c5ccc6sc7ccccc7c6c5)cc4)c4cccc(-c5ccc6sc7ccccc7c6c5)c4)cccc32)cc1. The minimum Gasteiger partial charge on any atom is -0.310 e. The average Bonchev–Trinajstić information content (AvgIpc) is 4.03. The smallest absolute Gasteiger partial charge is 0.0714 e. The van der Waals surface area contributed by atoms with Gasteiger partial charge >= 0.3 is 0 Å². The molecule has 1 aliphatic carbocycles. The molecule has 0 atom stereocenters. The first-order valence-corrected chi connectivity index (χ1v) is 23.5. The van der Waals surface area contributed by atoms with E-state index in [-0.39, 0.29) is 0 Å². The Labute approximate surface area is 380 Å². The van der Waals surface area contributed by atoms with Crippen LogP contribution in [0.15, 0.2) is 237 Å². The molecule has 0 N–H and O–H groups in total. The van der Waals surface area contributed by atoms with Crippen molar-refractivity contribution < 1.29 is 0 Å². The lowest BCUT2D eigenvalue weighted by Gasteiger charge is -2.34. The molecular weight excluding hydrogens is 811 g/mol. The summed E-state index contributed by atoms with van der Waals surface area (Å²) in [5, 5.41) is 5.25. The maximum absolute atomic E-state index is 2.49. The Morgan fingerprint density at radius 2 is 0.812 bits per heavy atom. The van der Waals surface area contributed by atoms with E-state index in [0.29, 0.717) is 0 Å². The van der Waals surface area contributed by atoms with Gasteiger partial charge in [0.15, 0.2) is 0 Å². The Hall–Kier alpha value is -7.56. The third-order valence-corrected chi connectivity index (χ3v) is 15.7. The number of thiophene rings is 2. The molecule has 0 saturated carbocycles. The van der Waals surface area contributed by atoms with Crippen LogP contribution in [0.25, 0.3) is 73.7 Å². The minimum absolute atomic E-state index is 0.509. The molecule has 0 aliphatic heterocycles. The van der Waals surface area contributed by atoms with Gasteiger partial charge in [-0.3, -0.25) is 0 Å². The van der Waals surface area contributed by atoms with Crippen LogP contribution in [0.5, 0.6) is 0 Å². The fourth-order valence-corrected chi connectivity index (χ4v) is 12.7. The van der Waals surface area contributed by atoms with Crippen molar-refractivity contribution in [3.63, 3.8) is 0 Å². The molecule has 1 aliphatic rings. The van der Waals surface area contributed by atoms with Gasteiger partial charge in [0.25, 0.3) is 0 Å². The molecule has 2 heterocycles. The van der Waals surface area contributed by atoms with E-state index < -0.39 is 5.41 Å². The highest BCUT2D eigenvalue weighted by Crippen LogP contribution is 2.59. The molecule has 12 aromatic rings. The van der Waals surface area contributed by atoms with Crippen LogP contribution in [0, 0.1) is 0 Å². The van der Waals surface area contributed by atoms with E-state index >= 15 is 0 Å². The quantitative estimate of drug-likeness (QED) is 0.154. The summed E-state index contributed by atoms with van der Waals surface area (Å²) in [5.41, 5.74) is 15.3. The highest BCUT2D eigenvalue weighted by molar-refractivity contribution is 7.26. The third kappa shape index (κ3) is 5.68. The monoisotopic (exact) mass is 849 g/mol. The summed E-state index contributed by atoms with van der Waals surface area (Å²) in [6.07, 6.45) is 0. The number of hydrogen-bond acceptors (Lipinski definition) is 3. The fourth-order valence-electron chi connectivity index (χ4n) is 10.5. The molecule has 0 bridgehead atoms. The standard InChI is InChI=1S/C61H39NS2/c1-3-16-44(17-4-1)61(45-18-5-2-6-19-45)53-24-10-7-23-50(53)60-54(61)25-14-26-55(60)62(46-33-29-40(30-34-46)42-31-35-58-51(38-42)48-21-8-11-27-56(48)63-58)47-20-13-15-41(37-47)43-32-36-59-52(39-43)49-22-9-12-28-57(49)64-59/h1-39H. The Morgan fingerprint density at radius 1 is 0.312 bits per heavy atom. The Balaban J connectivity index is 1.02. The van der Waals surface area contributed by atoms with Crippen LogP contribution in [-0.4, -0.2) is 0 Å². The second-order valence-electron chi connectivity index (χ2n) is 16.8. The maximum Gasteiger partial charge on any atom is 0.0714 e. The molecule has 0 radical (unpaired) electrons. The summed E-state index contributed by atoms with van der Waals surface area (Å²) in [7, 11) is 0. The van der Waals surface area contributed by atoms with Crippen molar-refractivity contribution in [1.29, 1.82) is 0 Å². The third-order valence-electron chi connectivity index (χ3n) is 13.4. The number of nitrogens with zero attached hydrogens (tertiary/aromatic N) is 1. The molecule has 3 heteroatoms. The van der Waals surface area contributed by atoms with Crippen LogP contribution in [0.2, 0.25) is 0 Å². The molecule has 0 spiro atoms. The second kappa shape index (κ2) is 14.8. The fraction of sp³-hybridized carbons (Fsp3) is 0.0164. The van der Waals surface area contributed by atoms with Crippen LogP contribution in [0.1, 0.15) is 22.3 Å². The van der Waals surface area contributed by atoms with E-state index in [2.05, 4.69) is 241 Å². The predicted octanol–water partition coefficient (Wildman–Crippen LogP) is 17.6. The molecule has 0 saturated heterocycles. The van der Waals surface area contributed by atoms with Crippen LogP contribution >= 0.6 is 22.7 Å². The maximum atomic E-state index is 2.49. The van der Waals surface area contributed by atoms with E-state index in [1.165, 1.54) is 96.0 Å². The number of rotatable bonds is 7. The first-order valence-electron chi connectivity index (χ1n) is 21.9. The zero-order valence-electron chi connectivity index (χ0n) is 34.8. The van der Waals surface area contributed by atoms with Gasteiger partial charge in [-0.05, 0) is 117 Å². The molecule has 0 fully saturated rings. The normalized spacial score (nSPS) is 12.8. The van der Waals surface area contributed by atoms with E-state index in [1.54, 1.807) is 0 Å².